The molecule has 4 aromatic rings. The predicted molar refractivity (Wildman–Crippen MR) is 261 cm³/mol. The van der Waals surface area contributed by atoms with Crippen molar-refractivity contribution in [2.24, 2.45) is 0 Å². The number of rotatable bonds is 15. The van der Waals surface area contributed by atoms with Gasteiger partial charge in [0, 0.05) is 100.0 Å². The molecule has 0 bridgehead atoms. The summed E-state index contributed by atoms with van der Waals surface area (Å²) in [4.78, 5) is 68.8. The van der Waals surface area contributed by atoms with Crippen LogP contribution in [-0.2, 0) is 37.4 Å². The highest BCUT2D eigenvalue weighted by Crippen LogP contribution is 2.39. The summed E-state index contributed by atoms with van der Waals surface area (Å²) in [5, 5.41) is 12.4. The smallest absolute Gasteiger partial charge is 0.255 e. The quantitative estimate of drug-likeness (QED) is 0.116. The number of aryl methyl sites for hydroxylation is 1. The summed E-state index contributed by atoms with van der Waals surface area (Å²) in [6, 6.07) is 13.6. The van der Waals surface area contributed by atoms with Crippen molar-refractivity contribution in [1.82, 2.24) is 30.0 Å². The Hall–Kier alpha value is -6.38. The number of fused-ring (bicyclic) bond motifs is 1. The Kier molecular flexibility index (Phi) is 14.2. The molecule has 1 aromatic heterocycles. The number of carbonyl (C=O) groups excluding carboxylic acids is 4. The highest BCUT2D eigenvalue weighted by molar-refractivity contribution is 7.92. The lowest BCUT2D eigenvalue weighted by molar-refractivity contribution is -0.137. The van der Waals surface area contributed by atoms with Crippen LogP contribution in [0.25, 0.3) is 0 Å². The van der Waals surface area contributed by atoms with Crippen LogP contribution in [0.15, 0.2) is 54.7 Å². The number of methoxy groups -OCH3 is 2. The zero-order chi connectivity index (χ0) is 48.4. The number of hydrogen-bond donors (Lipinski definition) is 4. The average molecular weight is 973 g/mol. The van der Waals surface area contributed by atoms with Crippen LogP contribution in [0.4, 0.5) is 40.2 Å². The molecule has 19 nitrogen and oxygen atoms in total. The van der Waals surface area contributed by atoms with Crippen molar-refractivity contribution in [3.05, 3.63) is 76.4 Å². The van der Waals surface area contributed by atoms with Crippen molar-refractivity contribution < 1.29 is 37.1 Å². The number of piperidine rings is 2. The molecule has 5 heterocycles. The third-order valence-electron chi connectivity index (χ3n) is 13.3. The number of anilines is 7. The van der Waals surface area contributed by atoms with Gasteiger partial charge < -0.3 is 40.1 Å². The van der Waals surface area contributed by atoms with Crippen molar-refractivity contribution in [3.63, 3.8) is 0 Å². The number of piperazine rings is 1. The molecule has 4 aliphatic heterocycles. The summed E-state index contributed by atoms with van der Waals surface area (Å²) in [5.41, 5.74) is 5.62. The summed E-state index contributed by atoms with van der Waals surface area (Å²) in [7, 11) is 0.977. The van der Waals surface area contributed by atoms with Crippen molar-refractivity contribution in [1.29, 1.82) is 0 Å². The third kappa shape index (κ3) is 10.1. The number of hydrogen-bond acceptors (Lipinski definition) is 15. The molecule has 4 N–H and O–H groups in total. The van der Waals surface area contributed by atoms with Gasteiger partial charge in [-0.2, -0.15) is 4.98 Å². The first-order chi connectivity index (χ1) is 32.6. The zero-order valence-electron chi connectivity index (χ0n) is 39.1. The van der Waals surface area contributed by atoms with Crippen molar-refractivity contribution in [3.8, 4) is 11.5 Å². The van der Waals surface area contributed by atoms with Gasteiger partial charge in [0.2, 0.25) is 33.7 Å². The van der Waals surface area contributed by atoms with E-state index in [-0.39, 0.29) is 53.9 Å². The lowest BCUT2D eigenvalue weighted by atomic mass is 9.99. The number of halogens is 1. The largest absolute Gasteiger partial charge is 0.497 e. The Bertz CT molecular complexity index is 2710. The van der Waals surface area contributed by atoms with Crippen molar-refractivity contribution in [2.75, 3.05) is 91.9 Å². The van der Waals surface area contributed by atoms with Gasteiger partial charge in [-0.25, -0.2) is 13.4 Å². The molecule has 21 heteroatoms. The Balaban J connectivity index is 0.861. The minimum absolute atomic E-state index is 0.00995. The van der Waals surface area contributed by atoms with E-state index in [0.29, 0.717) is 58.9 Å². The van der Waals surface area contributed by atoms with E-state index >= 15 is 0 Å². The maximum absolute atomic E-state index is 13.8. The minimum Gasteiger partial charge on any atom is -0.497 e. The highest BCUT2D eigenvalue weighted by atomic mass is 35.5. The van der Waals surface area contributed by atoms with Crippen LogP contribution in [-0.4, -0.2) is 142 Å². The highest BCUT2D eigenvalue weighted by Gasteiger charge is 2.40. The van der Waals surface area contributed by atoms with E-state index in [2.05, 4.69) is 60.1 Å². The Morgan fingerprint density at radius 3 is 2.38 bits per heavy atom. The van der Waals surface area contributed by atoms with Crippen LogP contribution >= 0.6 is 11.6 Å². The monoisotopic (exact) mass is 971 g/mol. The number of ether oxygens (including phenoxy) is 2. The molecule has 3 fully saturated rings. The number of nitrogens with zero attached hydrogens (tertiary/aromatic N) is 7. The van der Waals surface area contributed by atoms with E-state index in [1.807, 2.05) is 17.9 Å². The van der Waals surface area contributed by atoms with Crippen LogP contribution in [0.1, 0.15) is 61.0 Å². The summed E-state index contributed by atoms with van der Waals surface area (Å²) in [6.07, 6.45) is 5.75. The second-order valence-corrected chi connectivity index (χ2v) is 19.9. The molecule has 0 saturated carbocycles. The molecule has 362 valence electrons. The minimum atomic E-state index is -3.60. The van der Waals surface area contributed by atoms with Gasteiger partial charge in [-0.15, -0.1) is 0 Å². The number of aromatic nitrogens is 2. The van der Waals surface area contributed by atoms with Gasteiger partial charge in [0.25, 0.3) is 5.91 Å². The molecule has 0 radical (unpaired) electrons. The van der Waals surface area contributed by atoms with Gasteiger partial charge >= 0.3 is 0 Å². The number of sulfonamides is 1. The summed E-state index contributed by atoms with van der Waals surface area (Å²) < 4.78 is 37.4. The third-order valence-corrected chi connectivity index (χ3v) is 14.8. The van der Waals surface area contributed by atoms with Crippen molar-refractivity contribution >= 4 is 85.5 Å². The molecular weight excluding hydrogens is 914 g/mol. The van der Waals surface area contributed by atoms with E-state index in [0.717, 1.165) is 72.8 Å². The fourth-order valence-corrected chi connectivity index (χ4v) is 10.1. The maximum Gasteiger partial charge on any atom is 0.255 e. The zero-order valence-corrected chi connectivity index (χ0v) is 40.7. The average Bonchev–Trinajstić information content (AvgIpc) is 3.67. The van der Waals surface area contributed by atoms with Gasteiger partial charge in [0.05, 0.1) is 43.7 Å². The summed E-state index contributed by atoms with van der Waals surface area (Å²) >= 11 is 6.56. The Labute approximate surface area is 401 Å². The normalized spacial score (nSPS) is 18.5. The summed E-state index contributed by atoms with van der Waals surface area (Å²) in [5.74, 6) is 0.556. The SMILES string of the molecule is CCc1cc(Nc2ncc(Cl)c(Nc3ccc(OC)cc3N(C)S(C)(=O)=O)n2)c(OC)cc1N1CCC(N2CCN(C(=O)C(C)Nc3cccc4c3CN(C3CCC(=O)NC3=O)C4=O)CC2)CC1. The number of nitrogens with one attached hydrogen (secondary N) is 4. The predicted octanol–water partition coefficient (Wildman–Crippen LogP) is 4.97. The Morgan fingerprint density at radius 1 is 0.956 bits per heavy atom. The molecule has 0 aliphatic carbocycles. The fraction of sp³-hybridized carbons (Fsp3) is 0.447. The van der Waals surface area contributed by atoms with Gasteiger partial charge in [-0.05, 0) is 68.5 Å². The lowest BCUT2D eigenvalue weighted by Gasteiger charge is -2.44. The number of carbonyl (C=O) groups is 4. The fourth-order valence-electron chi connectivity index (χ4n) is 9.47. The number of benzene rings is 3. The molecule has 8 rings (SSSR count). The number of amides is 4. The van der Waals surface area contributed by atoms with Crippen molar-refractivity contribution in [2.45, 2.75) is 70.6 Å². The molecule has 3 aromatic carbocycles. The first kappa shape index (κ1) is 48.1. The molecule has 4 aliphatic rings. The molecule has 2 atom stereocenters. The van der Waals surface area contributed by atoms with E-state index in [1.165, 1.54) is 25.3 Å². The molecule has 4 amide bonds. The molecule has 3 saturated heterocycles. The Morgan fingerprint density at radius 2 is 1.71 bits per heavy atom. The second-order valence-electron chi connectivity index (χ2n) is 17.5. The van der Waals surface area contributed by atoms with Gasteiger partial charge in [-0.3, -0.25) is 33.7 Å². The molecule has 2 unspecified atom stereocenters. The van der Waals surface area contributed by atoms with Crippen LogP contribution in [0.5, 0.6) is 11.5 Å². The lowest BCUT2D eigenvalue weighted by Crippen LogP contribution is -2.56. The standard InChI is InChI=1S/C47H58ClN11O8S/c1-7-29-23-37(52-47-49-26-34(48)43(54-47)51-36-12-11-31(66-4)24-40(36)55(3)68(6,64)65)41(67-5)25-39(29)57-17-15-30(16-18-57)56-19-21-58(22-20-56)45(62)28(2)50-35-10-8-9-32-33(35)27-59(46(32)63)38-13-14-42(60)53-44(38)61/h8-12,23-26,28,30,38,50H,7,13-22,27H2,1-6H3,(H,53,60,61)(H2,49,51,52,54). The first-order valence-electron chi connectivity index (χ1n) is 22.8. The number of imide groups is 1. The van der Waals surface area contributed by atoms with Crippen LogP contribution in [0.3, 0.4) is 0 Å². The van der Waals surface area contributed by atoms with E-state index < -0.39 is 28.0 Å². The molecule has 0 spiro atoms. The summed E-state index contributed by atoms with van der Waals surface area (Å²) in [6.45, 7) is 8.67. The van der Waals surface area contributed by atoms with Crippen LogP contribution in [0.2, 0.25) is 5.02 Å². The van der Waals surface area contributed by atoms with Gasteiger partial charge in [0.1, 0.15) is 28.6 Å². The first-order valence-corrected chi connectivity index (χ1v) is 25.0. The van der Waals surface area contributed by atoms with Crippen LogP contribution in [0, 0.1) is 0 Å². The molecular formula is C47H58ClN11O8S. The topological polar surface area (TPSA) is 211 Å². The second kappa shape index (κ2) is 20.1. The maximum atomic E-state index is 13.8. The van der Waals surface area contributed by atoms with E-state index in [4.69, 9.17) is 21.1 Å². The van der Waals surface area contributed by atoms with E-state index in [1.54, 1.807) is 37.4 Å². The van der Waals surface area contributed by atoms with Crippen LogP contribution < -0.4 is 39.9 Å². The van der Waals surface area contributed by atoms with E-state index in [9.17, 15) is 27.6 Å². The molecule has 68 heavy (non-hydrogen) atoms. The van der Waals surface area contributed by atoms with Gasteiger partial charge in [-0.1, -0.05) is 24.6 Å². The van der Waals surface area contributed by atoms with Gasteiger partial charge in [0.15, 0.2) is 5.82 Å².